The number of hydrogen-bond donors (Lipinski definition) is 1. The molecule has 1 heterocycles. The number of rotatable bonds is 3. The summed E-state index contributed by atoms with van der Waals surface area (Å²) >= 11 is 1.63. The van der Waals surface area contributed by atoms with Crippen LogP contribution < -0.4 is 5.32 Å². The van der Waals surface area contributed by atoms with E-state index in [4.69, 9.17) is 0 Å². The van der Waals surface area contributed by atoms with Crippen molar-refractivity contribution in [2.45, 2.75) is 13.0 Å². The number of hydrogen-bond acceptors (Lipinski definition) is 4. The molecule has 1 N–H and O–H groups in total. The van der Waals surface area contributed by atoms with Crippen molar-refractivity contribution in [1.82, 2.24) is 0 Å². The fourth-order valence-electron chi connectivity index (χ4n) is 1.50. The molecule has 1 aromatic heterocycles. The maximum absolute atomic E-state index is 11.3. The zero-order valence-corrected chi connectivity index (χ0v) is 10.0. The highest BCUT2D eigenvalue weighted by atomic mass is 32.1. The molecule has 0 amide bonds. The van der Waals surface area contributed by atoms with Crippen LogP contribution in [0.25, 0.3) is 10.1 Å². The fraction of sp³-hybridized carbons (Fsp3) is 0.250. The third-order valence-electron chi connectivity index (χ3n) is 2.34. The van der Waals surface area contributed by atoms with Crippen molar-refractivity contribution in [1.29, 1.82) is 0 Å². The highest BCUT2D eigenvalue weighted by Crippen LogP contribution is 2.29. The number of thiophene rings is 1. The number of anilines is 1. The van der Waals surface area contributed by atoms with Crippen LogP contribution in [0.1, 0.15) is 6.92 Å². The first kappa shape index (κ1) is 11.0. The molecule has 0 spiro atoms. The minimum Gasteiger partial charge on any atom is -0.467 e. The second-order valence-electron chi connectivity index (χ2n) is 3.54. The number of methoxy groups -OCH3 is 1. The summed E-state index contributed by atoms with van der Waals surface area (Å²) in [7, 11) is 1.39. The fourth-order valence-corrected chi connectivity index (χ4v) is 2.55. The van der Waals surface area contributed by atoms with Crippen molar-refractivity contribution >= 4 is 32.4 Å². The predicted octanol–water partition coefficient (Wildman–Crippen LogP) is 2.87. The van der Waals surface area contributed by atoms with Gasteiger partial charge in [0.05, 0.1) is 12.1 Å². The second kappa shape index (κ2) is 4.53. The summed E-state index contributed by atoms with van der Waals surface area (Å²) in [5, 5.41) is 5.30. The van der Waals surface area contributed by atoms with Gasteiger partial charge in [-0.2, -0.15) is 0 Å². The SMILES string of the molecule is COC(=O)C(C)Nc1cc2ccccc2s1. The van der Waals surface area contributed by atoms with Gasteiger partial charge in [0.2, 0.25) is 0 Å². The number of nitrogens with one attached hydrogen (secondary N) is 1. The molecule has 0 aliphatic heterocycles. The number of carbonyl (C=O) groups is 1. The minimum absolute atomic E-state index is 0.252. The average molecular weight is 235 g/mol. The summed E-state index contributed by atoms with van der Waals surface area (Å²) in [6.07, 6.45) is 0. The Morgan fingerprint density at radius 1 is 1.44 bits per heavy atom. The molecule has 2 aromatic rings. The van der Waals surface area contributed by atoms with Crippen LogP contribution in [0.2, 0.25) is 0 Å². The lowest BCUT2D eigenvalue weighted by atomic mass is 10.2. The summed E-state index contributed by atoms with van der Waals surface area (Å²) in [4.78, 5) is 11.3. The molecule has 0 saturated carbocycles. The van der Waals surface area contributed by atoms with Gasteiger partial charge in [-0.1, -0.05) is 18.2 Å². The van der Waals surface area contributed by atoms with Crippen molar-refractivity contribution < 1.29 is 9.53 Å². The molecule has 0 fully saturated rings. The van der Waals surface area contributed by atoms with Gasteiger partial charge in [-0.25, -0.2) is 4.79 Å². The van der Waals surface area contributed by atoms with Crippen LogP contribution in [0, 0.1) is 0 Å². The molecule has 1 unspecified atom stereocenters. The van der Waals surface area contributed by atoms with Crippen molar-refractivity contribution in [3.63, 3.8) is 0 Å². The Hall–Kier alpha value is -1.55. The number of benzene rings is 1. The van der Waals surface area contributed by atoms with E-state index >= 15 is 0 Å². The van der Waals surface area contributed by atoms with Crippen LogP contribution in [-0.2, 0) is 9.53 Å². The first-order valence-electron chi connectivity index (χ1n) is 5.03. The lowest BCUT2D eigenvalue weighted by Crippen LogP contribution is -2.26. The molecule has 0 bridgehead atoms. The Morgan fingerprint density at radius 2 is 2.19 bits per heavy atom. The molecular formula is C12H13NO2S. The van der Waals surface area contributed by atoms with E-state index in [9.17, 15) is 4.79 Å². The van der Waals surface area contributed by atoms with Gasteiger partial charge in [0.1, 0.15) is 6.04 Å². The van der Waals surface area contributed by atoms with Gasteiger partial charge in [-0.3, -0.25) is 0 Å². The maximum Gasteiger partial charge on any atom is 0.328 e. The molecule has 1 aromatic carbocycles. The Bertz CT molecular complexity index is 473. The number of ether oxygens (including phenoxy) is 1. The standard InChI is InChI=1S/C12H13NO2S/c1-8(12(14)15-2)13-11-7-9-5-3-4-6-10(9)16-11/h3-8,13H,1-2H3. The largest absolute Gasteiger partial charge is 0.467 e. The summed E-state index contributed by atoms with van der Waals surface area (Å²) in [5.74, 6) is -0.252. The number of fused-ring (bicyclic) bond motifs is 1. The smallest absolute Gasteiger partial charge is 0.328 e. The Balaban J connectivity index is 2.18. The molecular weight excluding hydrogens is 222 g/mol. The number of carbonyl (C=O) groups excluding carboxylic acids is 1. The topological polar surface area (TPSA) is 38.3 Å². The third kappa shape index (κ3) is 2.17. The minimum atomic E-state index is -0.321. The quantitative estimate of drug-likeness (QED) is 0.831. The predicted molar refractivity (Wildman–Crippen MR) is 66.9 cm³/mol. The van der Waals surface area contributed by atoms with Crippen LogP contribution >= 0.6 is 11.3 Å². The summed E-state index contributed by atoms with van der Waals surface area (Å²) in [6, 6.07) is 9.85. The summed E-state index contributed by atoms with van der Waals surface area (Å²) < 4.78 is 5.87. The van der Waals surface area contributed by atoms with E-state index in [0.717, 1.165) is 5.00 Å². The van der Waals surface area contributed by atoms with Crippen LogP contribution in [0.5, 0.6) is 0 Å². The first-order chi connectivity index (χ1) is 7.70. The molecule has 4 heteroatoms. The van der Waals surface area contributed by atoms with Crippen LogP contribution in [0.4, 0.5) is 5.00 Å². The van der Waals surface area contributed by atoms with Crippen molar-refractivity contribution in [2.75, 3.05) is 12.4 Å². The monoisotopic (exact) mass is 235 g/mol. The molecule has 16 heavy (non-hydrogen) atoms. The van der Waals surface area contributed by atoms with E-state index in [1.54, 1.807) is 18.3 Å². The first-order valence-corrected chi connectivity index (χ1v) is 5.85. The molecule has 1 atom stereocenters. The van der Waals surface area contributed by atoms with E-state index in [1.807, 2.05) is 18.2 Å². The lowest BCUT2D eigenvalue weighted by molar-refractivity contribution is -0.141. The lowest BCUT2D eigenvalue weighted by Gasteiger charge is -2.10. The zero-order chi connectivity index (χ0) is 11.5. The molecule has 0 aliphatic rings. The zero-order valence-electron chi connectivity index (χ0n) is 9.19. The highest BCUT2D eigenvalue weighted by molar-refractivity contribution is 7.22. The van der Waals surface area contributed by atoms with Gasteiger partial charge in [-0.15, -0.1) is 11.3 Å². The van der Waals surface area contributed by atoms with Crippen molar-refractivity contribution in [3.05, 3.63) is 30.3 Å². The van der Waals surface area contributed by atoms with Gasteiger partial charge in [-0.05, 0) is 24.4 Å². The molecule has 2 rings (SSSR count). The Morgan fingerprint density at radius 3 is 2.88 bits per heavy atom. The Labute approximate surface area is 98.0 Å². The van der Waals surface area contributed by atoms with E-state index in [0.29, 0.717) is 0 Å². The molecule has 3 nitrogen and oxygen atoms in total. The number of esters is 1. The maximum atomic E-state index is 11.3. The van der Waals surface area contributed by atoms with Crippen molar-refractivity contribution in [2.24, 2.45) is 0 Å². The van der Waals surface area contributed by atoms with E-state index in [1.165, 1.54) is 17.2 Å². The van der Waals surface area contributed by atoms with E-state index in [-0.39, 0.29) is 12.0 Å². The summed E-state index contributed by atoms with van der Waals surface area (Å²) in [5.41, 5.74) is 0. The van der Waals surface area contributed by atoms with Gasteiger partial charge in [0.15, 0.2) is 0 Å². The van der Waals surface area contributed by atoms with Crippen LogP contribution in [0.15, 0.2) is 30.3 Å². The Kier molecular flexibility index (Phi) is 3.10. The van der Waals surface area contributed by atoms with E-state index in [2.05, 4.69) is 22.2 Å². The van der Waals surface area contributed by atoms with Crippen molar-refractivity contribution in [3.8, 4) is 0 Å². The molecule has 0 aliphatic carbocycles. The van der Waals surface area contributed by atoms with Gasteiger partial charge in [0, 0.05) is 4.70 Å². The van der Waals surface area contributed by atoms with Gasteiger partial charge in [0.25, 0.3) is 0 Å². The average Bonchev–Trinajstić information content (AvgIpc) is 2.69. The molecule has 0 radical (unpaired) electrons. The third-order valence-corrected chi connectivity index (χ3v) is 3.39. The summed E-state index contributed by atoms with van der Waals surface area (Å²) in [6.45, 7) is 1.79. The van der Waals surface area contributed by atoms with Crippen LogP contribution in [0.3, 0.4) is 0 Å². The van der Waals surface area contributed by atoms with Crippen LogP contribution in [-0.4, -0.2) is 19.1 Å². The molecule has 84 valence electrons. The van der Waals surface area contributed by atoms with E-state index < -0.39 is 0 Å². The van der Waals surface area contributed by atoms with Gasteiger partial charge >= 0.3 is 5.97 Å². The highest BCUT2D eigenvalue weighted by Gasteiger charge is 2.13. The molecule has 0 saturated heterocycles. The normalized spacial score (nSPS) is 12.4. The van der Waals surface area contributed by atoms with Gasteiger partial charge < -0.3 is 10.1 Å². The second-order valence-corrected chi connectivity index (χ2v) is 4.62.